The van der Waals surface area contributed by atoms with Crippen LogP contribution in [-0.4, -0.2) is 34.9 Å². The van der Waals surface area contributed by atoms with E-state index in [1.54, 1.807) is 0 Å². The highest BCUT2D eigenvalue weighted by Gasteiger charge is 2.22. The lowest BCUT2D eigenvalue weighted by molar-refractivity contribution is -0.131. The summed E-state index contributed by atoms with van der Waals surface area (Å²) in [7, 11) is 0. The van der Waals surface area contributed by atoms with E-state index < -0.39 is 0 Å². The van der Waals surface area contributed by atoms with Crippen molar-refractivity contribution in [2.24, 2.45) is 0 Å². The summed E-state index contributed by atoms with van der Waals surface area (Å²) in [4.78, 5) is 14.2. The van der Waals surface area contributed by atoms with Crippen LogP contribution in [0.3, 0.4) is 0 Å². The minimum atomic E-state index is 0.266. The van der Waals surface area contributed by atoms with E-state index in [1.807, 2.05) is 40.9 Å². The predicted molar refractivity (Wildman–Crippen MR) is 82.3 cm³/mol. The summed E-state index contributed by atoms with van der Waals surface area (Å²) in [5, 5.41) is 0.611. The van der Waals surface area contributed by atoms with Crippen LogP contribution >= 0.6 is 11.8 Å². The van der Waals surface area contributed by atoms with Crippen LogP contribution in [0, 0.1) is 0 Å². The van der Waals surface area contributed by atoms with Gasteiger partial charge >= 0.3 is 0 Å². The van der Waals surface area contributed by atoms with Crippen molar-refractivity contribution in [3.05, 3.63) is 29.8 Å². The van der Waals surface area contributed by atoms with Gasteiger partial charge < -0.3 is 10.6 Å². The van der Waals surface area contributed by atoms with Gasteiger partial charge in [-0.15, -0.1) is 0 Å². The number of nitrogens with two attached hydrogens (primary N) is 1. The van der Waals surface area contributed by atoms with Crippen LogP contribution < -0.4 is 5.73 Å². The molecule has 0 spiro atoms. The number of rotatable bonds is 4. The molecule has 1 aromatic carbocycles. The van der Waals surface area contributed by atoms with Gasteiger partial charge in [-0.2, -0.15) is 11.8 Å². The van der Waals surface area contributed by atoms with Gasteiger partial charge in [-0.25, -0.2) is 0 Å². The van der Waals surface area contributed by atoms with Gasteiger partial charge in [-0.3, -0.25) is 4.79 Å². The molecular formula is C15H22N2OS. The van der Waals surface area contributed by atoms with Crippen molar-refractivity contribution in [2.45, 2.75) is 31.4 Å². The van der Waals surface area contributed by atoms with E-state index in [4.69, 9.17) is 5.73 Å². The van der Waals surface area contributed by atoms with Crippen LogP contribution in [0.2, 0.25) is 0 Å². The Bertz CT molecular complexity index is 436. The van der Waals surface area contributed by atoms with Gasteiger partial charge in [0.15, 0.2) is 0 Å². The van der Waals surface area contributed by atoms with Crippen molar-refractivity contribution in [3.63, 3.8) is 0 Å². The number of benzene rings is 1. The first-order valence-corrected chi connectivity index (χ1v) is 7.98. The topological polar surface area (TPSA) is 46.3 Å². The highest BCUT2D eigenvalue weighted by atomic mass is 32.2. The van der Waals surface area contributed by atoms with Crippen molar-refractivity contribution in [1.82, 2.24) is 4.90 Å². The number of nitrogens with zero attached hydrogens (tertiary/aromatic N) is 1. The Morgan fingerprint density at radius 3 is 3.00 bits per heavy atom. The molecule has 1 heterocycles. The number of amides is 1. The zero-order valence-electron chi connectivity index (χ0n) is 11.5. The van der Waals surface area contributed by atoms with Gasteiger partial charge in [0.25, 0.3) is 0 Å². The smallest absolute Gasteiger partial charge is 0.222 e. The fraction of sp³-hybridized carbons (Fsp3) is 0.533. The summed E-state index contributed by atoms with van der Waals surface area (Å²) in [5.74, 6) is 1.33. The number of carbonyl (C=O) groups excluding carboxylic acids is 1. The Kier molecular flexibility index (Phi) is 5.14. The van der Waals surface area contributed by atoms with E-state index in [0.29, 0.717) is 11.7 Å². The number of hydrogen-bond acceptors (Lipinski definition) is 3. The molecule has 3 nitrogen and oxygen atoms in total. The van der Waals surface area contributed by atoms with E-state index in [0.717, 1.165) is 42.9 Å². The molecule has 1 fully saturated rings. The molecular weight excluding hydrogens is 256 g/mol. The zero-order chi connectivity index (χ0) is 13.7. The first-order chi connectivity index (χ1) is 9.20. The molecule has 1 aliphatic rings. The first-order valence-electron chi connectivity index (χ1n) is 6.93. The summed E-state index contributed by atoms with van der Waals surface area (Å²) in [6.07, 6.45) is 2.45. The lowest BCUT2D eigenvalue weighted by Gasteiger charge is -2.32. The maximum Gasteiger partial charge on any atom is 0.222 e. The third kappa shape index (κ3) is 3.90. The Morgan fingerprint density at radius 2 is 2.26 bits per heavy atom. The van der Waals surface area contributed by atoms with Gasteiger partial charge in [0.1, 0.15) is 0 Å². The average molecular weight is 278 g/mol. The summed E-state index contributed by atoms with van der Waals surface area (Å²) < 4.78 is 0. The van der Waals surface area contributed by atoms with E-state index in [-0.39, 0.29) is 5.91 Å². The van der Waals surface area contributed by atoms with Crippen molar-refractivity contribution >= 4 is 23.4 Å². The van der Waals surface area contributed by atoms with Crippen LogP contribution in [0.1, 0.15) is 25.3 Å². The SMILES string of the molecule is CCC1CN(C(=O)CCc2ccccc2N)CCS1. The van der Waals surface area contributed by atoms with E-state index in [9.17, 15) is 4.79 Å². The van der Waals surface area contributed by atoms with E-state index >= 15 is 0 Å². The molecule has 0 aromatic heterocycles. The molecule has 0 saturated carbocycles. The summed E-state index contributed by atoms with van der Waals surface area (Å²) in [5.41, 5.74) is 7.77. The fourth-order valence-corrected chi connectivity index (χ4v) is 3.53. The molecule has 0 aliphatic carbocycles. The minimum Gasteiger partial charge on any atom is -0.399 e. The molecule has 1 unspecified atom stereocenters. The van der Waals surface area contributed by atoms with Crippen molar-refractivity contribution < 1.29 is 4.79 Å². The first kappa shape index (κ1) is 14.3. The molecule has 1 saturated heterocycles. The van der Waals surface area contributed by atoms with Crippen molar-refractivity contribution in [2.75, 3.05) is 24.6 Å². The molecule has 2 rings (SSSR count). The zero-order valence-corrected chi connectivity index (χ0v) is 12.3. The highest BCUT2D eigenvalue weighted by Crippen LogP contribution is 2.22. The fourth-order valence-electron chi connectivity index (χ4n) is 2.35. The number of thioether (sulfide) groups is 1. The second-order valence-electron chi connectivity index (χ2n) is 4.94. The number of para-hydroxylation sites is 1. The Balaban J connectivity index is 1.86. The van der Waals surface area contributed by atoms with Crippen LogP contribution in [0.5, 0.6) is 0 Å². The summed E-state index contributed by atoms with van der Waals surface area (Å²) in [6.45, 7) is 3.99. The number of aryl methyl sites for hydroxylation is 1. The van der Waals surface area contributed by atoms with E-state index in [2.05, 4.69) is 6.92 Å². The molecule has 2 N–H and O–H groups in total. The predicted octanol–water partition coefficient (Wildman–Crippen LogP) is 2.56. The van der Waals surface area contributed by atoms with Crippen LogP contribution in [0.25, 0.3) is 0 Å². The Hall–Kier alpha value is -1.16. The molecule has 1 aromatic rings. The minimum absolute atomic E-state index is 0.266. The number of anilines is 1. The van der Waals surface area contributed by atoms with Gasteiger partial charge in [0.2, 0.25) is 5.91 Å². The summed E-state index contributed by atoms with van der Waals surface area (Å²) >= 11 is 1.99. The third-order valence-electron chi connectivity index (χ3n) is 3.61. The molecule has 19 heavy (non-hydrogen) atoms. The molecule has 0 bridgehead atoms. The molecule has 104 valence electrons. The number of carbonyl (C=O) groups is 1. The lowest BCUT2D eigenvalue weighted by Crippen LogP contribution is -2.41. The number of nitrogen functional groups attached to an aromatic ring is 1. The normalized spacial score (nSPS) is 19.4. The average Bonchev–Trinajstić information content (AvgIpc) is 2.46. The summed E-state index contributed by atoms with van der Waals surface area (Å²) in [6, 6.07) is 7.79. The Morgan fingerprint density at radius 1 is 1.47 bits per heavy atom. The standard InChI is InChI=1S/C15H22N2OS/c1-2-13-11-17(9-10-19-13)15(18)8-7-12-5-3-4-6-14(12)16/h3-6,13H,2,7-11,16H2,1H3. The third-order valence-corrected chi connectivity index (χ3v) is 4.98. The maximum absolute atomic E-state index is 12.2. The molecule has 1 atom stereocenters. The monoisotopic (exact) mass is 278 g/mol. The molecule has 1 amide bonds. The van der Waals surface area contributed by atoms with E-state index in [1.165, 1.54) is 0 Å². The molecule has 4 heteroatoms. The molecule has 0 radical (unpaired) electrons. The lowest BCUT2D eigenvalue weighted by atomic mass is 10.1. The Labute approximate surface area is 119 Å². The second-order valence-corrected chi connectivity index (χ2v) is 6.35. The van der Waals surface area contributed by atoms with Gasteiger partial charge in [0, 0.05) is 36.2 Å². The van der Waals surface area contributed by atoms with Crippen LogP contribution in [-0.2, 0) is 11.2 Å². The highest BCUT2D eigenvalue weighted by molar-refractivity contribution is 8.00. The second kappa shape index (κ2) is 6.85. The van der Waals surface area contributed by atoms with Gasteiger partial charge in [0.05, 0.1) is 0 Å². The van der Waals surface area contributed by atoms with Crippen molar-refractivity contribution in [3.8, 4) is 0 Å². The quantitative estimate of drug-likeness (QED) is 0.861. The molecule has 1 aliphatic heterocycles. The van der Waals surface area contributed by atoms with Crippen LogP contribution in [0.15, 0.2) is 24.3 Å². The number of hydrogen-bond donors (Lipinski definition) is 1. The van der Waals surface area contributed by atoms with Crippen LogP contribution in [0.4, 0.5) is 5.69 Å². The largest absolute Gasteiger partial charge is 0.399 e. The van der Waals surface area contributed by atoms with Gasteiger partial charge in [-0.1, -0.05) is 25.1 Å². The van der Waals surface area contributed by atoms with Gasteiger partial charge in [-0.05, 0) is 24.5 Å². The maximum atomic E-state index is 12.2. The van der Waals surface area contributed by atoms with Crippen molar-refractivity contribution in [1.29, 1.82) is 0 Å².